The minimum Gasteiger partial charge on any atom is -0.361 e. The molecule has 1 amide bonds. The van der Waals surface area contributed by atoms with Crippen LogP contribution in [0.3, 0.4) is 0 Å². The van der Waals surface area contributed by atoms with E-state index in [9.17, 15) is 9.59 Å². The number of aromatic nitrogens is 5. The number of H-pyrrole nitrogens is 1. The number of amides is 1. The summed E-state index contributed by atoms with van der Waals surface area (Å²) in [6.45, 7) is 2.53. The van der Waals surface area contributed by atoms with Crippen LogP contribution in [0.25, 0.3) is 5.78 Å². The fourth-order valence-corrected chi connectivity index (χ4v) is 4.33. The first-order valence-corrected chi connectivity index (χ1v) is 9.82. The molecule has 2 aliphatic rings. The van der Waals surface area contributed by atoms with Gasteiger partial charge in [-0.05, 0) is 45.4 Å². The minimum atomic E-state index is -0.0944. The first-order valence-electron chi connectivity index (χ1n) is 9.82. The summed E-state index contributed by atoms with van der Waals surface area (Å²) in [6.07, 6.45) is 5.51. The Morgan fingerprint density at radius 3 is 2.96 bits per heavy atom. The van der Waals surface area contributed by atoms with E-state index < -0.39 is 0 Å². The van der Waals surface area contributed by atoms with Crippen LogP contribution in [0.2, 0.25) is 0 Å². The topological polar surface area (TPSA) is 109 Å². The van der Waals surface area contributed by atoms with E-state index in [1.165, 1.54) is 4.52 Å². The van der Waals surface area contributed by atoms with Gasteiger partial charge in [0.15, 0.2) is 0 Å². The van der Waals surface area contributed by atoms with Crippen LogP contribution in [0.5, 0.6) is 0 Å². The predicted molar refractivity (Wildman–Crippen MR) is 98.9 cm³/mol. The van der Waals surface area contributed by atoms with Gasteiger partial charge in [-0.3, -0.25) is 14.7 Å². The second kappa shape index (κ2) is 6.57. The van der Waals surface area contributed by atoms with Gasteiger partial charge in [0.1, 0.15) is 17.3 Å². The molecular weight excluding hydrogens is 360 g/mol. The van der Waals surface area contributed by atoms with E-state index in [0.717, 1.165) is 61.2 Å². The van der Waals surface area contributed by atoms with Crippen molar-refractivity contribution in [2.75, 3.05) is 6.54 Å². The summed E-state index contributed by atoms with van der Waals surface area (Å²) < 4.78 is 6.54. The molecule has 0 aromatic carbocycles. The summed E-state index contributed by atoms with van der Waals surface area (Å²) in [4.78, 5) is 36.4. The van der Waals surface area contributed by atoms with Crippen LogP contribution in [-0.2, 0) is 24.1 Å². The van der Waals surface area contributed by atoms with Gasteiger partial charge in [0.2, 0.25) is 5.91 Å². The molecule has 0 bridgehead atoms. The number of carbonyl (C=O) groups is 1. The van der Waals surface area contributed by atoms with Gasteiger partial charge in [0.25, 0.3) is 11.3 Å². The number of hydrogen-bond donors (Lipinski definition) is 1. The van der Waals surface area contributed by atoms with Crippen molar-refractivity contribution in [3.05, 3.63) is 45.0 Å². The maximum absolute atomic E-state index is 12.9. The molecule has 3 aromatic heterocycles. The summed E-state index contributed by atoms with van der Waals surface area (Å²) in [7, 11) is 0. The third kappa shape index (κ3) is 2.81. The number of aromatic amines is 1. The molecule has 146 valence electrons. The van der Waals surface area contributed by atoms with Crippen LogP contribution in [0.4, 0.5) is 0 Å². The van der Waals surface area contributed by atoms with E-state index in [2.05, 4.69) is 20.2 Å². The van der Waals surface area contributed by atoms with Crippen LogP contribution in [0, 0.1) is 6.92 Å². The number of aryl methyl sites for hydroxylation is 2. The first kappa shape index (κ1) is 17.2. The summed E-state index contributed by atoms with van der Waals surface area (Å²) in [5, 5.41) is 7.06. The zero-order valence-electron chi connectivity index (χ0n) is 15.8. The van der Waals surface area contributed by atoms with Crippen LogP contribution >= 0.6 is 0 Å². The molecule has 3 aromatic rings. The van der Waals surface area contributed by atoms with Crippen LogP contribution < -0.4 is 5.56 Å². The Bertz CT molecular complexity index is 1110. The number of hydrogen-bond acceptors (Lipinski definition) is 6. The van der Waals surface area contributed by atoms with Crippen molar-refractivity contribution in [2.24, 2.45) is 0 Å². The molecule has 9 nitrogen and oxygen atoms in total. The molecule has 5 rings (SSSR count). The number of nitrogens with one attached hydrogen (secondary N) is 1. The smallest absolute Gasteiger partial charge is 0.277 e. The lowest BCUT2D eigenvalue weighted by Gasteiger charge is -2.22. The van der Waals surface area contributed by atoms with Gasteiger partial charge in [0.05, 0.1) is 18.2 Å². The zero-order valence-corrected chi connectivity index (χ0v) is 15.8. The number of likely N-dealkylation sites (tertiary alicyclic amines) is 1. The molecule has 1 unspecified atom stereocenters. The molecule has 1 aliphatic heterocycles. The van der Waals surface area contributed by atoms with Crippen molar-refractivity contribution >= 4 is 11.7 Å². The molecule has 28 heavy (non-hydrogen) atoms. The second-order valence-electron chi connectivity index (χ2n) is 7.64. The van der Waals surface area contributed by atoms with Crippen LogP contribution in [0.1, 0.15) is 60.3 Å². The molecule has 1 aliphatic carbocycles. The molecule has 9 heteroatoms. The molecule has 1 saturated heterocycles. The van der Waals surface area contributed by atoms with Gasteiger partial charge in [-0.15, -0.1) is 0 Å². The zero-order chi connectivity index (χ0) is 19.3. The summed E-state index contributed by atoms with van der Waals surface area (Å²) in [6, 6.07) is 1.81. The standard InChI is InChI=1S/C19H22N6O3/c1-11-9-14(23-28-11)15-7-4-8-24(15)17(26)10-16-21-19-20-13-6-3-2-5-12(13)18(27)25(19)22-16/h9,15H,2-8,10H2,1H3,(H,20,21,22). The van der Waals surface area contributed by atoms with Gasteiger partial charge in [0, 0.05) is 18.2 Å². The van der Waals surface area contributed by atoms with Crippen molar-refractivity contribution in [1.82, 2.24) is 29.6 Å². The molecule has 0 spiro atoms. The van der Waals surface area contributed by atoms with Crippen molar-refractivity contribution in [3.63, 3.8) is 0 Å². The normalized spacial score (nSPS) is 19.3. The Morgan fingerprint density at radius 2 is 2.14 bits per heavy atom. The SMILES string of the molecule is Cc1cc(C2CCCN2C(=O)Cc2nc3nc4c(c(=O)n3[nH]2)CCCC4)no1. The Kier molecular flexibility index (Phi) is 4.03. The Labute approximate surface area is 160 Å². The number of nitrogens with zero attached hydrogens (tertiary/aromatic N) is 5. The lowest BCUT2D eigenvalue weighted by atomic mass is 9.97. The molecule has 1 atom stereocenters. The predicted octanol–water partition coefficient (Wildman–Crippen LogP) is 1.50. The average molecular weight is 382 g/mol. The third-order valence-electron chi connectivity index (χ3n) is 5.69. The van der Waals surface area contributed by atoms with E-state index >= 15 is 0 Å². The van der Waals surface area contributed by atoms with Crippen molar-refractivity contribution in [2.45, 2.75) is 57.9 Å². The van der Waals surface area contributed by atoms with Crippen molar-refractivity contribution in [1.29, 1.82) is 0 Å². The lowest BCUT2D eigenvalue weighted by molar-refractivity contribution is -0.131. The second-order valence-corrected chi connectivity index (χ2v) is 7.64. The lowest BCUT2D eigenvalue weighted by Crippen LogP contribution is -2.32. The van der Waals surface area contributed by atoms with E-state index in [-0.39, 0.29) is 23.9 Å². The summed E-state index contributed by atoms with van der Waals surface area (Å²) in [5.74, 6) is 1.50. The third-order valence-corrected chi connectivity index (χ3v) is 5.69. The highest BCUT2D eigenvalue weighted by Gasteiger charge is 2.32. The van der Waals surface area contributed by atoms with Crippen molar-refractivity contribution in [3.8, 4) is 0 Å². The molecular formula is C19H22N6O3. The number of carbonyl (C=O) groups excluding carboxylic acids is 1. The maximum Gasteiger partial charge on any atom is 0.277 e. The number of rotatable bonds is 3. The van der Waals surface area contributed by atoms with Crippen LogP contribution in [0.15, 0.2) is 15.4 Å². The van der Waals surface area contributed by atoms with Gasteiger partial charge in [-0.25, -0.2) is 4.98 Å². The molecule has 0 saturated carbocycles. The quantitative estimate of drug-likeness (QED) is 0.735. The molecule has 0 radical (unpaired) electrons. The minimum absolute atomic E-state index is 0.0416. The monoisotopic (exact) mass is 382 g/mol. The highest BCUT2D eigenvalue weighted by atomic mass is 16.5. The molecule has 1 N–H and O–H groups in total. The van der Waals surface area contributed by atoms with Gasteiger partial charge in [-0.1, -0.05) is 5.16 Å². The Balaban J connectivity index is 1.41. The maximum atomic E-state index is 12.9. The van der Waals surface area contributed by atoms with Gasteiger partial charge in [-0.2, -0.15) is 9.50 Å². The fraction of sp³-hybridized carbons (Fsp3) is 0.526. The summed E-state index contributed by atoms with van der Waals surface area (Å²) in [5.41, 5.74) is 2.31. The van der Waals surface area contributed by atoms with E-state index in [1.54, 1.807) is 0 Å². The Hall–Kier alpha value is -2.97. The van der Waals surface area contributed by atoms with Crippen LogP contribution in [-0.4, -0.2) is 42.1 Å². The van der Waals surface area contributed by atoms with Crippen molar-refractivity contribution < 1.29 is 9.32 Å². The van der Waals surface area contributed by atoms with Gasteiger partial charge >= 0.3 is 0 Å². The highest BCUT2D eigenvalue weighted by Crippen LogP contribution is 2.31. The average Bonchev–Trinajstić information content (AvgIpc) is 3.41. The van der Waals surface area contributed by atoms with E-state index in [0.29, 0.717) is 18.1 Å². The van der Waals surface area contributed by atoms with E-state index in [4.69, 9.17) is 4.52 Å². The highest BCUT2D eigenvalue weighted by molar-refractivity contribution is 5.78. The largest absolute Gasteiger partial charge is 0.361 e. The fourth-order valence-electron chi connectivity index (χ4n) is 4.33. The van der Waals surface area contributed by atoms with E-state index in [1.807, 2.05) is 17.9 Å². The molecule has 1 fully saturated rings. The first-order chi connectivity index (χ1) is 13.6. The Morgan fingerprint density at radius 1 is 1.29 bits per heavy atom. The number of fused-ring (bicyclic) bond motifs is 2. The van der Waals surface area contributed by atoms with Gasteiger partial charge < -0.3 is 9.42 Å². The molecule has 4 heterocycles. The summed E-state index contributed by atoms with van der Waals surface area (Å²) >= 11 is 0.